The molecule has 6 rings (SSSR count). The Morgan fingerprint density at radius 3 is 2.79 bits per heavy atom. The minimum Gasteiger partial charge on any atom is -0.495 e. The molecule has 242 valence electrons. The fourth-order valence-corrected chi connectivity index (χ4v) is 6.20. The molecule has 4 heterocycles. The van der Waals surface area contributed by atoms with E-state index in [4.69, 9.17) is 19.6 Å². The molecule has 0 fully saturated rings. The highest BCUT2D eigenvalue weighted by atomic mass is 32.1. The molecule has 4 aromatic heterocycles. The lowest BCUT2D eigenvalue weighted by Gasteiger charge is -2.31. The van der Waals surface area contributed by atoms with Gasteiger partial charge in [0.05, 0.1) is 29.6 Å². The van der Waals surface area contributed by atoms with Gasteiger partial charge in [-0.15, -0.1) is 11.3 Å². The average Bonchev–Trinajstić information content (AvgIpc) is 3.70. The third-order valence-electron chi connectivity index (χ3n) is 8.09. The van der Waals surface area contributed by atoms with Gasteiger partial charge in [-0.05, 0) is 80.5 Å². The molecule has 5 aromatic rings. The molecular formula is C37H41N7O2S. The Labute approximate surface area is 280 Å². The summed E-state index contributed by atoms with van der Waals surface area (Å²) < 4.78 is 13.7. The minimum atomic E-state index is -0.136. The van der Waals surface area contributed by atoms with Crippen LogP contribution in [0.4, 0.5) is 11.6 Å². The van der Waals surface area contributed by atoms with E-state index < -0.39 is 0 Å². The van der Waals surface area contributed by atoms with Gasteiger partial charge in [-0.25, -0.2) is 14.5 Å². The summed E-state index contributed by atoms with van der Waals surface area (Å²) in [6.45, 7) is 10.2. The van der Waals surface area contributed by atoms with Crippen molar-refractivity contribution in [3.05, 3.63) is 113 Å². The third-order valence-corrected chi connectivity index (χ3v) is 8.96. The molecule has 0 saturated carbocycles. The molecule has 0 aliphatic heterocycles. The molecular weight excluding hydrogens is 607 g/mol. The monoisotopic (exact) mass is 647 g/mol. The van der Waals surface area contributed by atoms with Gasteiger partial charge in [0.1, 0.15) is 23.8 Å². The highest BCUT2D eigenvalue weighted by molar-refractivity contribution is 7.09. The topological polar surface area (TPSA) is 88.8 Å². The van der Waals surface area contributed by atoms with Gasteiger partial charge in [-0.2, -0.15) is 5.10 Å². The van der Waals surface area contributed by atoms with E-state index in [9.17, 15) is 0 Å². The van der Waals surface area contributed by atoms with Gasteiger partial charge in [0.25, 0.3) is 0 Å². The molecule has 1 aromatic carbocycles. The van der Waals surface area contributed by atoms with E-state index in [1.165, 1.54) is 4.88 Å². The molecule has 0 bridgehead atoms. The van der Waals surface area contributed by atoms with Crippen LogP contribution in [0.3, 0.4) is 0 Å². The van der Waals surface area contributed by atoms with Gasteiger partial charge >= 0.3 is 0 Å². The number of aromatic nitrogens is 4. The summed E-state index contributed by atoms with van der Waals surface area (Å²) in [6.07, 6.45) is 9.53. The maximum atomic E-state index is 6.06. The molecule has 10 heteroatoms. The first-order valence-electron chi connectivity index (χ1n) is 15.6. The maximum Gasteiger partial charge on any atom is 0.227 e. The summed E-state index contributed by atoms with van der Waals surface area (Å²) in [5, 5.41) is 14.1. The molecule has 9 nitrogen and oxygen atoms in total. The Morgan fingerprint density at radius 1 is 1.13 bits per heavy atom. The summed E-state index contributed by atoms with van der Waals surface area (Å²) in [7, 11) is 5.75. The quantitative estimate of drug-likeness (QED) is 0.133. The normalized spacial score (nSPS) is 14.1. The fourth-order valence-electron chi connectivity index (χ4n) is 5.46. The number of ether oxygens (including phenoxy) is 2. The number of fused-ring (bicyclic) bond motifs is 1. The van der Waals surface area contributed by atoms with E-state index in [2.05, 4.69) is 82.7 Å². The Morgan fingerprint density at radius 2 is 2.00 bits per heavy atom. The van der Waals surface area contributed by atoms with E-state index in [1.54, 1.807) is 24.6 Å². The number of nitrogens with zero attached hydrogens (tertiary/aromatic N) is 5. The number of methoxy groups -OCH3 is 1. The van der Waals surface area contributed by atoms with Gasteiger partial charge in [0, 0.05) is 52.6 Å². The average molecular weight is 648 g/mol. The molecule has 0 saturated heterocycles. The van der Waals surface area contributed by atoms with Crippen molar-refractivity contribution >= 4 is 28.5 Å². The van der Waals surface area contributed by atoms with Crippen molar-refractivity contribution in [2.24, 2.45) is 5.41 Å². The van der Waals surface area contributed by atoms with Crippen molar-refractivity contribution < 1.29 is 9.47 Å². The van der Waals surface area contributed by atoms with Crippen LogP contribution in [0.25, 0.3) is 28.0 Å². The van der Waals surface area contributed by atoms with E-state index in [-0.39, 0.29) is 5.41 Å². The number of pyridine rings is 1. The van der Waals surface area contributed by atoms with Gasteiger partial charge in [0.15, 0.2) is 0 Å². The number of hydrogen-bond donors (Lipinski definition) is 2. The highest BCUT2D eigenvalue weighted by Gasteiger charge is 2.28. The molecule has 1 aliphatic rings. The molecule has 0 atom stereocenters. The van der Waals surface area contributed by atoms with Crippen LogP contribution in [0.2, 0.25) is 0 Å². The standard InChI is InChI=1S/C37H41N7O2S/c1-25(22-28-10-9-21-47-28)39-30-23-26(12-13-32(30)45-6)35-34(31-11-7-8-18-44(31)42-35)29-15-17-38-36(40-29)41-33-24-27(14-16-37(33,2)3)46-20-19-43(4)5/h7-15,17-18,21,23-24,39H,1,16,19-20,22H2,2-6H3,(H,38,40,41). The second kappa shape index (κ2) is 13.8. The fraction of sp³-hybridized carbons (Fsp3) is 0.270. The first kappa shape index (κ1) is 32.0. The van der Waals surface area contributed by atoms with Crippen LogP contribution in [0.15, 0.2) is 108 Å². The summed E-state index contributed by atoms with van der Waals surface area (Å²) in [4.78, 5) is 13.0. The molecule has 0 spiro atoms. The lowest BCUT2D eigenvalue weighted by Crippen LogP contribution is -2.25. The first-order valence-corrected chi connectivity index (χ1v) is 16.5. The summed E-state index contributed by atoms with van der Waals surface area (Å²) in [6, 6.07) is 18.2. The van der Waals surface area contributed by atoms with Crippen molar-refractivity contribution in [2.45, 2.75) is 26.7 Å². The largest absolute Gasteiger partial charge is 0.495 e. The molecule has 47 heavy (non-hydrogen) atoms. The van der Waals surface area contributed by atoms with Crippen LogP contribution < -0.4 is 15.4 Å². The van der Waals surface area contributed by atoms with Crippen LogP contribution in [-0.4, -0.2) is 58.8 Å². The number of benzene rings is 1. The number of rotatable bonds is 13. The SMILES string of the molecule is C=C(Cc1cccs1)Nc1cc(-c2nn3ccccc3c2-c2ccnc(NC3=CC(OCCN(C)C)=CCC3(C)C)n2)ccc1OC. The number of hydrogen-bond acceptors (Lipinski definition) is 9. The molecule has 2 N–H and O–H groups in total. The van der Waals surface area contributed by atoms with E-state index in [0.29, 0.717) is 12.6 Å². The number of allylic oxidation sites excluding steroid dienone is 4. The van der Waals surface area contributed by atoms with Crippen molar-refractivity contribution in [3.8, 4) is 28.3 Å². The van der Waals surface area contributed by atoms with Gasteiger partial charge in [-0.1, -0.05) is 32.6 Å². The number of nitrogens with one attached hydrogen (secondary N) is 2. The lowest BCUT2D eigenvalue weighted by molar-refractivity contribution is 0.188. The van der Waals surface area contributed by atoms with E-state index >= 15 is 0 Å². The smallest absolute Gasteiger partial charge is 0.227 e. The van der Waals surface area contributed by atoms with Crippen LogP contribution in [-0.2, 0) is 11.2 Å². The Balaban J connectivity index is 1.33. The van der Waals surface area contributed by atoms with Crippen molar-refractivity contribution in [1.29, 1.82) is 0 Å². The van der Waals surface area contributed by atoms with Crippen LogP contribution >= 0.6 is 11.3 Å². The summed E-state index contributed by atoms with van der Waals surface area (Å²) >= 11 is 1.71. The minimum absolute atomic E-state index is 0.136. The summed E-state index contributed by atoms with van der Waals surface area (Å²) in [5.41, 5.74) is 6.91. The molecule has 0 radical (unpaired) electrons. The van der Waals surface area contributed by atoms with Gasteiger partial charge in [0.2, 0.25) is 5.95 Å². The first-order chi connectivity index (χ1) is 22.7. The Bertz CT molecular complexity index is 1940. The Hall–Kier alpha value is -4.93. The number of anilines is 2. The van der Waals surface area contributed by atoms with E-state index in [1.807, 2.05) is 55.1 Å². The van der Waals surface area contributed by atoms with E-state index in [0.717, 1.165) is 76.0 Å². The number of thiophene rings is 1. The van der Waals surface area contributed by atoms with Crippen LogP contribution in [0.5, 0.6) is 5.75 Å². The predicted molar refractivity (Wildman–Crippen MR) is 192 cm³/mol. The Kier molecular flexibility index (Phi) is 9.42. The van der Waals surface area contributed by atoms with Gasteiger partial charge in [-0.3, -0.25) is 0 Å². The van der Waals surface area contributed by atoms with Crippen LogP contribution in [0.1, 0.15) is 25.1 Å². The van der Waals surface area contributed by atoms with Crippen molar-refractivity contribution in [1.82, 2.24) is 24.5 Å². The lowest BCUT2D eigenvalue weighted by atomic mass is 9.82. The second-order valence-corrected chi connectivity index (χ2v) is 13.5. The van der Waals surface area contributed by atoms with Gasteiger partial charge < -0.3 is 25.0 Å². The second-order valence-electron chi connectivity index (χ2n) is 12.4. The summed E-state index contributed by atoms with van der Waals surface area (Å²) in [5.74, 6) is 2.10. The molecule has 0 unspecified atom stereocenters. The molecule has 0 amide bonds. The molecule has 1 aliphatic carbocycles. The van der Waals surface area contributed by atoms with Crippen molar-refractivity contribution in [2.75, 3.05) is 45.0 Å². The highest BCUT2D eigenvalue weighted by Crippen LogP contribution is 2.39. The zero-order valence-electron chi connectivity index (χ0n) is 27.6. The third kappa shape index (κ3) is 7.40. The van der Waals surface area contributed by atoms with Crippen LogP contribution in [0, 0.1) is 5.41 Å². The predicted octanol–water partition coefficient (Wildman–Crippen LogP) is 7.88. The zero-order valence-corrected chi connectivity index (χ0v) is 28.4. The maximum absolute atomic E-state index is 6.06. The zero-order chi connectivity index (χ0) is 33.0. The number of likely N-dealkylation sites (N-methyl/N-ethyl adjacent to an activating group) is 1. The van der Waals surface area contributed by atoms with Crippen molar-refractivity contribution in [3.63, 3.8) is 0 Å².